The molecule has 0 unspecified atom stereocenters. The van der Waals surface area contributed by atoms with Gasteiger partial charge in [0.2, 0.25) is 0 Å². The third-order valence-corrected chi connectivity index (χ3v) is 1.88. The minimum Gasteiger partial charge on any atom is -0.332 e. The summed E-state index contributed by atoms with van der Waals surface area (Å²) in [5, 5.41) is 2.75. The van der Waals surface area contributed by atoms with E-state index in [9.17, 15) is 9.59 Å². The Balaban J connectivity index is 2.61. The Morgan fingerprint density at radius 1 is 1.47 bits per heavy atom. The maximum Gasteiger partial charge on any atom is 0.327 e. The number of Topliss-reactive ketones (excluding diaryl/α,β-unsaturated/α-hetero) is 1. The van der Waals surface area contributed by atoms with Gasteiger partial charge in [0.25, 0.3) is 0 Å². The smallest absolute Gasteiger partial charge is 0.327 e. The zero-order valence-electron chi connectivity index (χ0n) is 9.15. The van der Waals surface area contributed by atoms with Crippen LogP contribution < -0.4 is 5.32 Å². The van der Waals surface area contributed by atoms with Crippen LogP contribution in [0.4, 0.5) is 4.79 Å². The number of carbonyl (C=O) groups excluding carboxylic acids is 2. The molecule has 0 spiro atoms. The van der Waals surface area contributed by atoms with Crippen LogP contribution in [0.25, 0.3) is 0 Å². The third kappa shape index (κ3) is 3.53. The molecule has 1 heterocycles. The van der Waals surface area contributed by atoms with E-state index in [0.29, 0.717) is 6.42 Å². The average molecular weight is 209 g/mol. The highest BCUT2D eigenvalue weighted by Gasteiger charge is 2.22. The summed E-state index contributed by atoms with van der Waals surface area (Å²) in [6.45, 7) is 5.12. The summed E-state index contributed by atoms with van der Waals surface area (Å²) in [6.07, 6.45) is 4.81. The second kappa shape index (κ2) is 4.25. The van der Waals surface area contributed by atoms with Gasteiger partial charge in [-0.3, -0.25) is 9.36 Å². The number of imidazole rings is 1. The van der Waals surface area contributed by atoms with E-state index in [2.05, 4.69) is 10.3 Å². The van der Waals surface area contributed by atoms with E-state index in [1.54, 1.807) is 6.20 Å². The highest BCUT2D eigenvalue weighted by molar-refractivity contribution is 5.80. The molecule has 1 N–H and O–H groups in total. The van der Waals surface area contributed by atoms with Gasteiger partial charge in [0.15, 0.2) is 0 Å². The first-order chi connectivity index (χ1) is 6.91. The molecule has 1 rings (SSSR count). The fraction of sp³-hybridized carbons (Fsp3) is 0.500. The molecule has 0 bridgehead atoms. The van der Waals surface area contributed by atoms with Crippen LogP contribution in [0.1, 0.15) is 27.2 Å². The van der Waals surface area contributed by atoms with Crippen LogP contribution in [0.5, 0.6) is 0 Å². The van der Waals surface area contributed by atoms with Crippen LogP contribution in [-0.4, -0.2) is 26.9 Å². The third-order valence-electron chi connectivity index (χ3n) is 1.88. The van der Waals surface area contributed by atoms with E-state index in [1.165, 1.54) is 24.0 Å². The zero-order valence-corrected chi connectivity index (χ0v) is 9.15. The molecule has 0 fully saturated rings. The van der Waals surface area contributed by atoms with Crippen molar-refractivity contribution in [1.29, 1.82) is 0 Å². The van der Waals surface area contributed by atoms with Gasteiger partial charge >= 0.3 is 6.03 Å². The number of nitrogens with zero attached hydrogens (tertiary/aromatic N) is 2. The Labute approximate surface area is 88.5 Å². The van der Waals surface area contributed by atoms with Crippen molar-refractivity contribution in [3.8, 4) is 0 Å². The van der Waals surface area contributed by atoms with Gasteiger partial charge < -0.3 is 5.32 Å². The van der Waals surface area contributed by atoms with Crippen LogP contribution in [-0.2, 0) is 4.79 Å². The van der Waals surface area contributed by atoms with E-state index in [1.807, 2.05) is 13.8 Å². The van der Waals surface area contributed by atoms with E-state index >= 15 is 0 Å². The van der Waals surface area contributed by atoms with Gasteiger partial charge in [-0.15, -0.1) is 0 Å². The number of carbonyl (C=O) groups is 2. The lowest BCUT2D eigenvalue weighted by Crippen LogP contribution is -2.46. The monoisotopic (exact) mass is 209 g/mol. The van der Waals surface area contributed by atoms with Crippen molar-refractivity contribution in [2.24, 2.45) is 0 Å². The standard InChI is InChI=1S/C10H15N3O2/c1-8(14)6-10(2,3)12-9(15)13-5-4-11-7-13/h4-5,7H,6H2,1-3H3,(H,12,15). The maximum atomic E-state index is 11.6. The molecular formula is C10H15N3O2. The summed E-state index contributed by atoms with van der Waals surface area (Å²) in [6, 6.07) is -0.279. The van der Waals surface area contributed by atoms with Crippen LogP contribution in [0.3, 0.4) is 0 Å². The van der Waals surface area contributed by atoms with Crippen molar-refractivity contribution in [2.75, 3.05) is 0 Å². The van der Waals surface area contributed by atoms with Crippen molar-refractivity contribution in [2.45, 2.75) is 32.7 Å². The van der Waals surface area contributed by atoms with Gasteiger partial charge in [0.05, 0.1) is 0 Å². The van der Waals surface area contributed by atoms with Gasteiger partial charge in [-0.05, 0) is 20.8 Å². The second-order valence-corrected chi connectivity index (χ2v) is 4.16. The molecule has 0 aromatic carbocycles. The zero-order chi connectivity index (χ0) is 11.5. The number of aromatic nitrogens is 2. The van der Waals surface area contributed by atoms with Gasteiger partial charge in [-0.1, -0.05) is 0 Å². The first-order valence-corrected chi connectivity index (χ1v) is 4.71. The van der Waals surface area contributed by atoms with E-state index < -0.39 is 5.54 Å². The number of amides is 1. The average Bonchev–Trinajstić information content (AvgIpc) is 2.50. The Morgan fingerprint density at radius 2 is 2.13 bits per heavy atom. The van der Waals surface area contributed by atoms with E-state index in [4.69, 9.17) is 0 Å². The van der Waals surface area contributed by atoms with Crippen molar-refractivity contribution in [1.82, 2.24) is 14.9 Å². The molecule has 1 amide bonds. The molecule has 0 atom stereocenters. The highest BCUT2D eigenvalue weighted by atomic mass is 16.2. The molecule has 0 saturated carbocycles. The Bertz CT molecular complexity index is 355. The lowest BCUT2D eigenvalue weighted by molar-refractivity contribution is -0.118. The summed E-state index contributed by atoms with van der Waals surface area (Å²) < 4.78 is 1.34. The Kier molecular flexibility index (Phi) is 3.24. The van der Waals surface area contributed by atoms with Gasteiger partial charge in [0.1, 0.15) is 12.1 Å². The Morgan fingerprint density at radius 3 is 2.60 bits per heavy atom. The van der Waals surface area contributed by atoms with Crippen LogP contribution >= 0.6 is 0 Å². The van der Waals surface area contributed by atoms with Crippen LogP contribution in [0, 0.1) is 0 Å². The number of hydrogen-bond donors (Lipinski definition) is 1. The number of rotatable bonds is 3. The molecule has 1 aromatic heterocycles. The lowest BCUT2D eigenvalue weighted by Gasteiger charge is -2.24. The fourth-order valence-electron chi connectivity index (χ4n) is 1.40. The van der Waals surface area contributed by atoms with Gasteiger partial charge in [-0.2, -0.15) is 0 Å². The normalized spacial score (nSPS) is 11.1. The summed E-state index contributed by atoms with van der Waals surface area (Å²) in [5.41, 5.74) is -0.535. The van der Waals surface area contributed by atoms with Crippen LogP contribution in [0.15, 0.2) is 18.7 Å². The van der Waals surface area contributed by atoms with E-state index in [0.717, 1.165) is 0 Å². The minimum absolute atomic E-state index is 0.0472. The largest absolute Gasteiger partial charge is 0.332 e. The molecule has 0 saturated heterocycles. The number of ketones is 1. The summed E-state index contributed by atoms with van der Waals surface area (Å²) in [5.74, 6) is 0.0472. The van der Waals surface area contributed by atoms with Crippen molar-refractivity contribution in [3.63, 3.8) is 0 Å². The summed E-state index contributed by atoms with van der Waals surface area (Å²) in [7, 11) is 0. The predicted molar refractivity (Wildman–Crippen MR) is 55.5 cm³/mol. The molecule has 15 heavy (non-hydrogen) atoms. The predicted octanol–water partition coefficient (Wildman–Crippen LogP) is 1.20. The van der Waals surface area contributed by atoms with E-state index in [-0.39, 0.29) is 11.8 Å². The minimum atomic E-state index is -0.535. The second-order valence-electron chi connectivity index (χ2n) is 4.16. The van der Waals surface area contributed by atoms with Crippen LogP contribution in [0.2, 0.25) is 0 Å². The summed E-state index contributed by atoms with van der Waals surface area (Å²) >= 11 is 0. The Hall–Kier alpha value is -1.65. The van der Waals surface area contributed by atoms with Gasteiger partial charge in [-0.25, -0.2) is 9.78 Å². The quantitative estimate of drug-likeness (QED) is 0.813. The molecule has 82 valence electrons. The first kappa shape index (κ1) is 11.4. The van der Waals surface area contributed by atoms with Crippen molar-refractivity contribution < 1.29 is 9.59 Å². The lowest BCUT2D eigenvalue weighted by atomic mass is 9.99. The molecule has 5 nitrogen and oxygen atoms in total. The SMILES string of the molecule is CC(=O)CC(C)(C)NC(=O)n1ccnc1. The highest BCUT2D eigenvalue weighted by Crippen LogP contribution is 2.08. The molecule has 0 aliphatic heterocycles. The number of hydrogen-bond acceptors (Lipinski definition) is 3. The molecular weight excluding hydrogens is 194 g/mol. The van der Waals surface area contributed by atoms with Crippen molar-refractivity contribution in [3.05, 3.63) is 18.7 Å². The fourth-order valence-corrected chi connectivity index (χ4v) is 1.40. The van der Waals surface area contributed by atoms with Crippen molar-refractivity contribution >= 4 is 11.8 Å². The molecule has 1 aromatic rings. The van der Waals surface area contributed by atoms with Gasteiger partial charge in [0, 0.05) is 24.4 Å². The molecule has 5 heteroatoms. The molecule has 0 aliphatic rings. The molecule has 0 aliphatic carbocycles. The number of nitrogens with one attached hydrogen (secondary N) is 1. The molecule has 0 radical (unpaired) electrons. The maximum absolute atomic E-state index is 11.6. The first-order valence-electron chi connectivity index (χ1n) is 4.71. The summed E-state index contributed by atoms with van der Waals surface area (Å²) in [4.78, 5) is 26.3. The topological polar surface area (TPSA) is 64.0 Å².